The van der Waals surface area contributed by atoms with Crippen LogP contribution in [-0.2, 0) is 0 Å². The summed E-state index contributed by atoms with van der Waals surface area (Å²) in [6.45, 7) is 0.760. The second kappa shape index (κ2) is 4.74. The first-order valence-electron chi connectivity index (χ1n) is 5.43. The topological polar surface area (TPSA) is 59.1 Å². The molecule has 3 N–H and O–H groups in total. The van der Waals surface area contributed by atoms with E-state index in [2.05, 4.69) is 0 Å². The minimum absolute atomic E-state index is 0.0180. The molecule has 4 heteroatoms. The highest BCUT2D eigenvalue weighted by Gasteiger charge is 2.18. The van der Waals surface area contributed by atoms with Gasteiger partial charge in [0.1, 0.15) is 11.6 Å². The van der Waals surface area contributed by atoms with Crippen molar-refractivity contribution in [2.24, 2.45) is 11.7 Å². The first-order valence-corrected chi connectivity index (χ1v) is 5.81. The summed E-state index contributed by atoms with van der Waals surface area (Å²) in [5.74, 6) is 1.43. The minimum atomic E-state index is -0.0180. The predicted molar refractivity (Wildman–Crippen MR) is 65.3 cm³/mol. The van der Waals surface area contributed by atoms with Crippen LogP contribution in [0.3, 0.4) is 0 Å². The van der Waals surface area contributed by atoms with Gasteiger partial charge in [-0.1, -0.05) is 18.0 Å². The molecule has 0 spiro atoms. The fourth-order valence-electron chi connectivity index (χ4n) is 1.68. The fourth-order valence-corrected chi connectivity index (χ4v) is 1.95. The molecule has 0 amide bonds. The maximum Gasteiger partial charge on any atom is 0.124 e. The maximum atomic E-state index is 7.31. The average Bonchev–Trinajstić information content (AvgIpc) is 2.14. The molecule has 1 aromatic carbocycles. The number of rotatable bonds is 4. The molecule has 1 aliphatic carbocycles. The average molecular weight is 239 g/mol. The first kappa shape index (κ1) is 11.3. The van der Waals surface area contributed by atoms with Crippen molar-refractivity contribution in [2.45, 2.75) is 19.3 Å². The standard InChI is InChI=1S/C12H15ClN2O/c13-11-6-9(4-5-10(11)12(14)15)16-7-8-2-1-3-8/h4-6,8H,1-3,7H2,(H3,14,15). The molecule has 3 nitrogen and oxygen atoms in total. The quantitative estimate of drug-likeness (QED) is 0.626. The van der Waals surface area contributed by atoms with Crippen LogP contribution in [0.4, 0.5) is 0 Å². The number of ether oxygens (including phenoxy) is 1. The third kappa shape index (κ3) is 2.47. The Morgan fingerprint density at radius 2 is 2.25 bits per heavy atom. The van der Waals surface area contributed by atoms with Gasteiger partial charge in [0.15, 0.2) is 0 Å². The largest absolute Gasteiger partial charge is 0.493 e. The molecule has 1 aliphatic rings. The van der Waals surface area contributed by atoms with Gasteiger partial charge < -0.3 is 10.5 Å². The lowest BCUT2D eigenvalue weighted by Gasteiger charge is -2.25. The summed E-state index contributed by atoms with van der Waals surface area (Å²) in [7, 11) is 0. The third-order valence-corrected chi connectivity index (χ3v) is 3.25. The zero-order valence-corrected chi connectivity index (χ0v) is 9.76. The van der Waals surface area contributed by atoms with Crippen LogP contribution in [0.25, 0.3) is 0 Å². The van der Waals surface area contributed by atoms with Crippen molar-refractivity contribution in [3.63, 3.8) is 0 Å². The number of nitrogen functional groups attached to an aromatic ring is 1. The highest BCUT2D eigenvalue weighted by molar-refractivity contribution is 6.34. The lowest BCUT2D eigenvalue weighted by atomic mass is 9.86. The molecule has 1 saturated carbocycles. The Morgan fingerprint density at radius 3 is 2.75 bits per heavy atom. The van der Waals surface area contributed by atoms with Crippen molar-refractivity contribution < 1.29 is 4.74 Å². The Labute approximate surface area is 100 Å². The summed E-state index contributed by atoms with van der Waals surface area (Å²) in [4.78, 5) is 0. The van der Waals surface area contributed by atoms with E-state index in [0.29, 0.717) is 16.5 Å². The van der Waals surface area contributed by atoms with E-state index < -0.39 is 0 Å². The van der Waals surface area contributed by atoms with E-state index in [4.69, 9.17) is 27.5 Å². The lowest BCUT2D eigenvalue weighted by molar-refractivity contribution is 0.180. The van der Waals surface area contributed by atoms with Gasteiger partial charge in [0.05, 0.1) is 11.6 Å². The molecule has 0 bridgehead atoms. The van der Waals surface area contributed by atoms with E-state index >= 15 is 0 Å². The van der Waals surface area contributed by atoms with Crippen LogP contribution in [0, 0.1) is 11.3 Å². The molecular formula is C12H15ClN2O. The molecule has 0 aliphatic heterocycles. The summed E-state index contributed by atoms with van der Waals surface area (Å²) in [6, 6.07) is 5.25. The van der Waals surface area contributed by atoms with Crippen LogP contribution < -0.4 is 10.5 Å². The number of nitrogens with one attached hydrogen (secondary N) is 1. The molecule has 0 heterocycles. The van der Waals surface area contributed by atoms with Crippen LogP contribution in [0.15, 0.2) is 18.2 Å². The van der Waals surface area contributed by atoms with Gasteiger partial charge in [0, 0.05) is 5.56 Å². The Kier molecular flexibility index (Phi) is 3.34. The van der Waals surface area contributed by atoms with Crippen LogP contribution >= 0.6 is 11.6 Å². The second-order valence-electron chi connectivity index (χ2n) is 4.16. The third-order valence-electron chi connectivity index (χ3n) is 2.94. The Morgan fingerprint density at radius 1 is 1.50 bits per heavy atom. The molecule has 0 saturated heterocycles. The molecular weight excluding hydrogens is 224 g/mol. The molecule has 0 unspecified atom stereocenters. The minimum Gasteiger partial charge on any atom is -0.493 e. The molecule has 16 heavy (non-hydrogen) atoms. The van der Waals surface area contributed by atoms with Crippen LogP contribution in [0.1, 0.15) is 24.8 Å². The number of hydrogen-bond acceptors (Lipinski definition) is 2. The number of benzene rings is 1. The van der Waals surface area contributed by atoms with Gasteiger partial charge in [0.25, 0.3) is 0 Å². The zero-order valence-electron chi connectivity index (χ0n) is 9.00. The highest BCUT2D eigenvalue weighted by Crippen LogP contribution is 2.28. The van der Waals surface area contributed by atoms with Crippen molar-refractivity contribution in [2.75, 3.05) is 6.61 Å². The summed E-state index contributed by atoms with van der Waals surface area (Å²) < 4.78 is 5.63. The van der Waals surface area contributed by atoms with Crippen molar-refractivity contribution in [3.05, 3.63) is 28.8 Å². The van der Waals surface area contributed by atoms with Crippen molar-refractivity contribution in [1.82, 2.24) is 0 Å². The number of nitrogens with two attached hydrogens (primary N) is 1. The SMILES string of the molecule is N=C(N)c1ccc(OCC2CCC2)cc1Cl. The Balaban J connectivity index is 1.99. The van der Waals surface area contributed by atoms with E-state index in [1.807, 2.05) is 0 Å². The fraction of sp³-hybridized carbons (Fsp3) is 0.417. The first-order chi connectivity index (χ1) is 7.66. The Bertz CT molecular complexity index is 402. The molecule has 86 valence electrons. The molecule has 1 aromatic rings. The molecule has 2 rings (SSSR count). The van der Waals surface area contributed by atoms with E-state index in [9.17, 15) is 0 Å². The summed E-state index contributed by atoms with van der Waals surface area (Å²) in [6.07, 6.45) is 3.84. The predicted octanol–water partition coefficient (Wildman–Crippen LogP) is 2.80. The van der Waals surface area contributed by atoms with Gasteiger partial charge in [-0.3, -0.25) is 5.41 Å². The monoisotopic (exact) mass is 238 g/mol. The maximum absolute atomic E-state index is 7.31. The van der Waals surface area contributed by atoms with Crippen LogP contribution in [-0.4, -0.2) is 12.4 Å². The summed E-state index contributed by atoms with van der Waals surface area (Å²) >= 11 is 5.99. The van der Waals surface area contributed by atoms with Crippen molar-refractivity contribution >= 4 is 17.4 Å². The number of amidine groups is 1. The van der Waals surface area contributed by atoms with Gasteiger partial charge in [-0.15, -0.1) is 0 Å². The normalized spacial score (nSPS) is 15.6. The lowest BCUT2D eigenvalue weighted by Crippen LogP contribution is -2.19. The molecule has 0 aromatic heterocycles. The van der Waals surface area contributed by atoms with E-state index in [1.54, 1.807) is 18.2 Å². The molecule has 0 atom stereocenters. The van der Waals surface area contributed by atoms with Crippen LogP contribution in [0.5, 0.6) is 5.75 Å². The Hall–Kier alpha value is -1.22. The summed E-state index contributed by atoms with van der Waals surface area (Å²) in [5, 5.41) is 7.78. The smallest absolute Gasteiger partial charge is 0.124 e. The van der Waals surface area contributed by atoms with Crippen molar-refractivity contribution in [3.8, 4) is 5.75 Å². The molecule has 0 radical (unpaired) electrons. The second-order valence-corrected chi connectivity index (χ2v) is 4.57. The summed E-state index contributed by atoms with van der Waals surface area (Å²) in [5.41, 5.74) is 5.93. The van der Waals surface area contributed by atoms with Gasteiger partial charge >= 0.3 is 0 Å². The number of halogens is 1. The highest BCUT2D eigenvalue weighted by atomic mass is 35.5. The van der Waals surface area contributed by atoms with E-state index in [1.165, 1.54) is 19.3 Å². The van der Waals surface area contributed by atoms with Gasteiger partial charge in [-0.05, 0) is 37.0 Å². The van der Waals surface area contributed by atoms with Gasteiger partial charge in [0.2, 0.25) is 0 Å². The van der Waals surface area contributed by atoms with E-state index in [0.717, 1.165) is 12.4 Å². The van der Waals surface area contributed by atoms with E-state index in [-0.39, 0.29) is 5.84 Å². The van der Waals surface area contributed by atoms with Crippen LogP contribution in [0.2, 0.25) is 5.02 Å². The van der Waals surface area contributed by atoms with Gasteiger partial charge in [-0.25, -0.2) is 0 Å². The molecule has 1 fully saturated rings. The number of hydrogen-bond donors (Lipinski definition) is 2. The van der Waals surface area contributed by atoms with Crippen molar-refractivity contribution in [1.29, 1.82) is 5.41 Å². The zero-order chi connectivity index (χ0) is 11.5. The van der Waals surface area contributed by atoms with Gasteiger partial charge in [-0.2, -0.15) is 0 Å².